The molecule has 0 unspecified atom stereocenters. The highest BCUT2D eigenvalue weighted by Gasteiger charge is 2.05. The number of H-pyrrole nitrogens is 1. The fourth-order valence-electron chi connectivity index (χ4n) is 0.761. The van der Waals surface area contributed by atoms with Gasteiger partial charge in [-0.3, -0.25) is 9.36 Å². The molecule has 1 heterocycles. The Morgan fingerprint density at radius 1 is 1.67 bits per heavy atom. The fraction of sp³-hybridized carbons (Fsp3) is 0.429. The van der Waals surface area contributed by atoms with Gasteiger partial charge in [-0.1, -0.05) is 0 Å². The smallest absolute Gasteiger partial charge is 0.325 e. The van der Waals surface area contributed by atoms with Crippen molar-refractivity contribution < 1.29 is 4.79 Å². The van der Waals surface area contributed by atoms with Gasteiger partial charge in [0.1, 0.15) is 6.54 Å². The minimum Gasteiger partial charge on any atom is -0.347 e. The molecule has 66 valence electrons. The Morgan fingerprint density at radius 2 is 2.33 bits per heavy atom. The van der Waals surface area contributed by atoms with E-state index in [4.69, 9.17) is 0 Å². The molecule has 0 atom stereocenters. The summed E-state index contributed by atoms with van der Waals surface area (Å²) in [5.41, 5.74) is -0.259. The highest BCUT2D eigenvalue weighted by Crippen LogP contribution is 1.84. The molecule has 0 saturated heterocycles. The first-order valence-corrected chi connectivity index (χ1v) is 3.55. The van der Waals surface area contributed by atoms with Crippen LogP contribution < -0.4 is 5.69 Å². The van der Waals surface area contributed by atoms with Crippen LogP contribution in [0.25, 0.3) is 0 Å². The van der Waals surface area contributed by atoms with Crippen LogP contribution in [0, 0.1) is 0 Å². The molecule has 1 rings (SSSR count). The second kappa shape index (κ2) is 3.25. The first-order valence-electron chi connectivity index (χ1n) is 3.55. The van der Waals surface area contributed by atoms with Crippen molar-refractivity contribution in [3.8, 4) is 0 Å². The first kappa shape index (κ1) is 8.58. The molecular weight excluding hydrogens is 158 g/mol. The van der Waals surface area contributed by atoms with E-state index in [0.29, 0.717) is 0 Å². The molecule has 0 spiro atoms. The van der Waals surface area contributed by atoms with Crippen molar-refractivity contribution in [1.82, 2.24) is 14.5 Å². The Hall–Kier alpha value is -1.52. The van der Waals surface area contributed by atoms with Gasteiger partial charge in [-0.05, 0) is 0 Å². The van der Waals surface area contributed by atoms with Crippen LogP contribution >= 0.6 is 0 Å². The SMILES string of the molecule is CN(C)C(=O)Cn1cc[nH]c1=O. The third-order valence-electron chi connectivity index (χ3n) is 1.53. The number of carbonyl (C=O) groups is 1. The maximum atomic E-state index is 11.1. The summed E-state index contributed by atoms with van der Waals surface area (Å²) in [6.07, 6.45) is 3.05. The van der Waals surface area contributed by atoms with E-state index in [9.17, 15) is 9.59 Å². The van der Waals surface area contributed by atoms with Gasteiger partial charge < -0.3 is 9.88 Å². The van der Waals surface area contributed by atoms with Gasteiger partial charge >= 0.3 is 5.69 Å². The predicted octanol–water partition coefficient (Wildman–Crippen LogP) is -0.735. The van der Waals surface area contributed by atoms with Crippen molar-refractivity contribution >= 4 is 5.91 Å². The molecule has 0 radical (unpaired) electrons. The second-order valence-electron chi connectivity index (χ2n) is 2.68. The Labute approximate surface area is 69.6 Å². The van der Waals surface area contributed by atoms with Crippen molar-refractivity contribution in [3.63, 3.8) is 0 Å². The van der Waals surface area contributed by atoms with E-state index in [1.54, 1.807) is 20.3 Å². The number of hydrogen-bond acceptors (Lipinski definition) is 2. The third kappa shape index (κ3) is 1.75. The van der Waals surface area contributed by atoms with E-state index < -0.39 is 0 Å². The van der Waals surface area contributed by atoms with E-state index in [2.05, 4.69) is 4.98 Å². The van der Waals surface area contributed by atoms with Crippen LogP contribution in [0.15, 0.2) is 17.2 Å². The van der Waals surface area contributed by atoms with Gasteiger partial charge in [-0.15, -0.1) is 0 Å². The predicted molar refractivity (Wildman–Crippen MR) is 43.7 cm³/mol. The highest BCUT2D eigenvalue weighted by molar-refractivity contribution is 5.75. The number of likely N-dealkylation sites (N-methyl/N-ethyl adjacent to an activating group) is 1. The van der Waals surface area contributed by atoms with Crippen molar-refractivity contribution in [1.29, 1.82) is 0 Å². The zero-order valence-electron chi connectivity index (χ0n) is 7.07. The Balaban J connectivity index is 2.71. The molecule has 0 aliphatic carbocycles. The quantitative estimate of drug-likeness (QED) is 0.634. The van der Waals surface area contributed by atoms with E-state index in [1.165, 1.54) is 15.7 Å². The van der Waals surface area contributed by atoms with E-state index in [-0.39, 0.29) is 18.1 Å². The van der Waals surface area contributed by atoms with Gasteiger partial charge in [0.25, 0.3) is 0 Å². The number of imidazole rings is 1. The lowest BCUT2D eigenvalue weighted by Crippen LogP contribution is -2.30. The topological polar surface area (TPSA) is 58.1 Å². The van der Waals surface area contributed by atoms with Crippen LogP contribution in [0.3, 0.4) is 0 Å². The summed E-state index contributed by atoms with van der Waals surface area (Å²) < 4.78 is 1.32. The second-order valence-corrected chi connectivity index (χ2v) is 2.68. The average molecular weight is 169 g/mol. The largest absolute Gasteiger partial charge is 0.347 e. The fourth-order valence-corrected chi connectivity index (χ4v) is 0.761. The Bertz CT molecular complexity index is 323. The van der Waals surface area contributed by atoms with E-state index in [1.807, 2.05) is 0 Å². The molecule has 0 fully saturated rings. The van der Waals surface area contributed by atoms with E-state index in [0.717, 1.165) is 0 Å². The number of aromatic nitrogens is 2. The molecule has 1 aromatic heterocycles. The standard InChI is InChI=1S/C7H11N3O2/c1-9(2)6(11)5-10-4-3-8-7(10)12/h3-4H,5H2,1-2H3,(H,8,12). The van der Waals surface area contributed by atoms with Crippen molar-refractivity contribution in [2.75, 3.05) is 14.1 Å². The van der Waals surface area contributed by atoms with Gasteiger partial charge in [0.2, 0.25) is 5.91 Å². The van der Waals surface area contributed by atoms with Crippen LogP contribution in [0.4, 0.5) is 0 Å². The zero-order chi connectivity index (χ0) is 9.14. The number of nitrogens with zero attached hydrogens (tertiary/aromatic N) is 2. The van der Waals surface area contributed by atoms with Crippen LogP contribution in [0.2, 0.25) is 0 Å². The first-order chi connectivity index (χ1) is 5.61. The van der Waals surface area contributed by atoms with Crippen molar-refractivity contribution in [2.45, 2.75) is 6.54 Å². The van der Waals surface area contributed by atoms with Gasteiger partial charge in [-0.2, -0.15) is 0 Å². The minimum atomic E-state index is -0.259. The monoisotopic (exact) mass is 169 g/mol. The van der Waals surface area contributed by atoms with Gasteiger partial charge in [-0.25, -0.2) is 4.79 Å². The number of carbonyl (C=O) groups excluding carboxylic acids is 1. The number of amides is 1. The number of hydrogen-bond donors (Lipinski definition) is 1. The summed E-state index contributed by atoms with van der Waals surface area (Å²) in [6.45, 7) is 0.0926. The van der Waals surface area contributed by atoms with E-state index >= 15 is 0 Å². The molecule has 5 heteroatoms. The Morgan fingerprint density at radius 3 is 2.75 bits per heavy atom. The lowest BCUT2D eigenvalue weighted by molar-refractivity contribution is -0.129. The summed E-state index contributed by atoms with van der Waals surface area (Å²) in [6, 6.07) is 0. The highest BCUT2D eigenvalue weighted by atomic mass is 16.2. The van der Waals surface area contributed by atoms with Crippen LogP contribution in [-0.4, -0.2) is 34.5 Å². The van der Waals surface area contributed by atoms with Crippen LogP contribution in [0.1, 0.15) is 0 Å². The summed E-state index contributed by atoms with van der Waals surface area (Å²) >= 11 is 0. The molecule has 0 aliphatic rings. The summed E-state index contributed by atoms with van der Waals surface area (Å²) in [5, 5.41) is 0. The van der Waals surface area contributed by atoms with Crippen LogP contribution in [0.5, 0.6) is 0 Å². The number of nitrogens with one attached hydrogen (secondary N) is 1. The van der Waals surface area contributed by atoms with Crippen molar-refractivity contribution in [3.05, 3.63) is 22.9 Å². The molecule has 5 nitrogen and oxygen atoms in total. The van der Waals surface area contributed by atoms with Crippen molar-refractivity contribution in [2.24, 2.45) is 0 Å². The molecule has 12 heavy (non-hydrogen) atoms. The van der Waals surface area contributed by atoms with Gasteiger partial charge in [0, 0.05) is 26.5 Å². The zero-order valence-corrected chi connectivity index (χ0v) is 7.07. The molecule has 1 N–H and O–H groups in total. The molecule has 1 amide bonds. The molecule has 0 aromatic carbocycles. The molecule has 0 bridgehead atoms. The third-order valence-corrected chi connectivity index (χ3v) is 1.53. The average Bonchev–Trinajstić information content (AvgIpc) is 2.36. The maximum absolute atomic E-state index is 11.1. The lowest BCUT2D eigenvalue weighted by atomic mass is 10.5. The number of rotatable bonds is 2. The van der Waals surface area contributed by atoms with Gasteiger partial charge in [0.05, 0.1) is 0 Å². The normalized spacial score (nSPS) is 9.83. The maximum Gasteiger partial charge on any atom is 0.325 e. The number of aromatic amines is 1. The van der Waals surface area contributed by atoms with Crippen LogP contribution in [-0.2, 0) is 11.3 Å². The van der Waals surface area contributed by atoms with Gasteiger partial charge in [0.15, 0.2) is 0 Å². The summed E-state index contributed by atoms with van der Waals surface area (Å²) in [7, 11) is 3.31. The minimum absolute atomic E-state index is 0.0926. The lowest BCUT2D eigenvalue weighted by Gasteiger charge is -2.09. The molecular formula is C7H11N3O2. The Kier molecular flexibility index (Phi) is 2.32. The molecule has 0 saturated carbocycles. The summed E-state index contributed by atoms with van der Waals surface area (Å²) in [4.78, 5) is 25.9. The summed E-state index contributed by atoms with van der Waals surface area (Å²) in [5.74, 6) is -0.100. The molecule has 0 aliphatic heterocycles. The molecule has 1 aromatic rings.